The normalized spacial score (nSPS) is 22.1. The lowest BCUT2D eigenvalue weighted by molar-refractivity contribution is 0.293. The third-order valence-electron chi connectivity index (χ3n) is 4.40. The summed E-state index contributed by atoms with van der Waals surface area (Å²) in [5.41, 5.74) is 1.14. The predicted octanol–water partition coefficient (Wildman–Crippen LogP) is 4.15. The zero-order valence-electron chi connectivity index (χ0n) is 14.0. The SMILES string of the molecule is CCCNc1nc(C)nc(NCC2CCCC(C)C2)c1C. The highest BCUT2D eigenvalue weighted by Gasteiger charge is 2.19. The van der Waals surface area contributed by atoms with Gasteiger partial charge >= 0.3 is 0 Å². The van der Waals surface area contributed by atoms with Crippen LogP contribution in [-0.4, -0.2) is 23.1 Å². The Bertz CT molecular complexity index is 458. The van der Waals surface area contributed by atoms with Crippen molar-refractivity contribution < 1.29 is 0 Å². The Morgan fingerprint density at radius 3 is 2.48 bits per heavy atom. The molecule has 2 atom stereocenters. The molecule has 21 heavy (non-hydrogen) atoms. The summed E-state index contributed by atoms with van der Waals surface area (Å²) in [7, 11) is 0. The molecule has 2 N–H and O–H groups in total. The molecule has 0 saturated heterocycles. The molecule has 0 amide bonds. The molecule has 1 aromatic heterocycles. The van der Waals surface area contributed by atoms with E-state index in [1.54, 1.807) is 0 Å². The van der Waals surface area contributed by atoms with Gasteiger partial charge in [-0.05, 0) is 44.9 Å². The van der Waals surface area contributed by atoms with Crippen molar-refractivity contribution in [2.24, 2.45) is 11.8 Å². The third-order valence-corrected chi connectivity index (χ3v) is 4.40. The summed E-state index contributed by atoms with van der Waals surface area (Å²) in [4.78, 5) is 9.10. The van der Waals surface area contributed by atoms with Crippen LogP contribution in [0.1, 0.15) is 57.3 Å². The number of nitrogens with one attached hydrogen (secondary N) is 2. The maximum Gasteiger partial charge on any atom is 0.134 e. The predicted molar refractivity (Wildman–Crippen MR) is 89.9 cm³/mol. The van der Waals surface area contributed by atoms with Crippen LogP contribution < -0.4 is 10.6 Å². The average Bonchev–Trinajstić information content (AvgIpc) is 2.46. The highest BCUT2D eigenvalue weighted by Crippen LogP contribution is 2.29. The van der Waals surface area contributed by atoms with Gasteiger partial charge in [0.05, 0.1) is 0 Å². The molecule has 0 aromatic carbocycles. The lowest BCUT2D eigenvalue weighted by atomic mass is 9.82. The summed E-state index contributed by atoms with van der Waals surface area (Å²) < 4.78 is 0. The minimum absolute atomic E-state index is 0.787. The smallest absolute Gasteiger partial charge is 0.134 e. The van der Waals surface area contributed by atoms with Gasteiger partial charge in [-0.15, -0.1) is 0 Å². The first-order valence-corrected chi connectivity index (χ1v) is 8.43. The first-order valence-electron chi connectivity index (χ1n) is 8.43. The van der Waals surface area contributed by atoms with Gasteiger partial charge in [-0.25, -0.2) is 9.97 Å². The Morgan fingerprint density at radius 2 is 1.81 bits per heavy atom. The molecule has 0 aliphatic heterocycles. The molecule has 4 nitrogen and oxygen atoms in total. The van der Waals surface area contributed by atoms with Crippen LogP contribution in [0.25, 0.3) is 0 Å². The van der Waals surface area contributed by atoms with Crippen molar-refractivity contribution in [1.29, 1.82) is 0 Å². The summed E-state index contributed by atoms with van der Waals surface area (Å²) >= 11 is 0. The van der Waals surface area contributed by atoms with Crippen molar-refractivity contribution in [3.63, 3.8) is 0 Å². The lowest BCUT2D eigenvalue weighted by Crippen LogP contribution is -2.22. The van der Waals surface area contributed by atoms with E-state index in [1.165, 1.54) is 25.7 Å². The van der Waals surface area contributed by atoms with E-state index in [2.05, 4.69) is 41.4 Å². The van der Waals surface area contributed by atoms with Crippen LogP contribution in [0.3, 0.4) is 0 Å². The van der Waals surface area contributed by atoms with Crippen molar-refractivity contribution in [2.75, 3.05) is 23.7 Å². The van der Waals surface area contributed by atoms with Crippen LogP contribution in [0.15, 0.2) is 0 Å². The van der Waals surface area contributed by atoms with Crippen LogP contribution in [-0.2, 0) is 0 Å². The van der Waals surface area contributed by atoms with Crippen LogP contribution in [0.4, 0.5) is 11.6 Å². The minimum Gasteiger partial charge on any atom is -0.370 e. The average molecular weight is 290 g/mol. The Kier molecular flexibility index (Phi) is 5.83. The first kappa shape index (κ1) is 16.1. The van der Waals surface area contributed by atoms with E-state index in [4.69, 9.17) is 0 Å². The fourth-order valence-electron chi connectivity index (χ4n) is 3.20. The number of hydrogen-bond donors (Lipinski definition) is 2. The summed E-state index contributed by atoms with van der Waals surface area (Å²) in [5, 5.41) is 6.97. The zero-order chi connectivity index (χ0) is 15.2. The summed E-state index contributed by atoms with van der Waals surface area (Å²) in [5.74, 6) is 4.47. The molecule has 1 saturated carbocycles. The monoisotopic (exact) mass is 290 g/mol. The van der Waals surface area contributed by atoms with E-state index in [0.29, 0.717) is 0 Å². The zero-order valence-corrected chi connectivity index (χ0v) is 14.0. The number of anilines is 2. The summed E-state index contributed by atoms with van der Waals surface area (Å²) in [6, 6.07) is 0. The van der Waals surface area contributed by atoms with Gasteiger partial charge in [0.15, 0.2) is 0 Å². The molecule has 1 aliphatic rings. The standard InChI is InChI=1S/C17H30N4/c1-5-9-18-16-13(3)17(21-14(4)20-16)19-11-15-8-6-7-12(2)10-15/h12,15H,5-11H2,1-4H3,(H2,18,19,20,21). The number of aromatic nitrogens is 2. The molecule has 4 heteroatoms. The topological polar surface area (TPSA) is 49.8 Å². The van der Waals surface area contributed by atoms with Crippen molar-refractivity contribution >= 4 is 11.6 Å². The van der Waals surface area contributed by atoms with Gasteiger partial charge in [0, 0.05) is 18.7 Å². The molecule has 0 spiro atoms. The van der Waals surface area contributed by atoms with Gasteiger partial charge in [0.2, 0.25) is 0 Å². The Morgan fingerprint density at radius 1 is 1.10 bits per heavy atom. The van der Waals surface area contributed by atoms with Gasteiger partial charge in [0.25, 0.3) is 0 Å². The lowest BCUT2D eigenvalue weighted by Gasteiger charge is -2.27. The number of rotatable bonds is 6. The summed E-state index contributed by atoms with van der Waals surface area (Å²) in [6.07, 6.45) is 6.56. The van der Waals surface area contributed by atoms with Gasteiger partial charge in [-0.1, -0.05) is 26.7 Å². The molecule has 118 valence electrons. The molecule has 1 aromatic rings. The number of aryl methyl sites for hydroxylation is 1. The van der Waals surface area contributed by atoms with Crippen LogP contribution in [0.5, 0.6) is 0 Å². The Balaban J connectivity index is 2.00. The van der Waals surface area contributed by atoms with E-state index in [-0.39, 0.29) is 0 Å². The second-order valence-corrected chi connectivity index (χ2v) is 6.54. The molecule has 1 fully saturated rings. The maximum atomic E-state index is 4.58. The molecule has 2 rings (SSSR count). The van der Waals surface area contributed by atoms with Crippen LogP contribution in [0.2, 0.25) is 0 Å². The van der Waals surface area contributed by atoms with E-state index >= 15 is 0 Å². The second-order valence-electron chi connectivity index (χ2n) is 6.54. The largest absolute Gasteiger partial charge is 0.370 e. The van der Waals surface area contributed by atoms with Gasteiger partial charge in [-0.2, -0.15) is 0 Å². The van der Waals surface area contributed by atoms with Gasteiger partial charge in [-0.3, -0.25) is 0 Å². The number of nitrogens with zero attached hydrogens (tertiary/aromatic N) is 2. The third kappa shape index (κ3) is 4.58. The molecular formula is C17H30N4. The van der Waals surface area contributed by atoms with Crippen molar-refractivity contribution in [2.45, 2.75) is 59.8 Å². The first-order chi connectivity index (χ1) is 10.1. The molecule has 1 aliphatic carbocycles. The number of hydrogen-bond acceptors (Lipinski definition) is 4. The fourth-order valence-corrected chi connectivity index (χ4v) is 3.20. The molecule has 2 unspecified atom stereocenters. The highest BCUT2D eigenvalue weighted by atomic mass is 15.1. The van der Waals surface area contributed by atoms with Gasteiger partial charge in [0.1, 0.15) is 17.5 Å². The van der Waals surface area contributed by atoms with E-state index < -0.39 is 0 Å². The molecule has 0 bridgehead atoms. The van der Waals surface area contributed by atoms with Crippen molar-refractivity contribution in [1.82, 2.24) is 9.97 Å². The maximum absolute atomic E-state index is 4.58. The minimum atomic E-state index is 0.787. The van der Waals surface area contributed by atoms with Crippen LogP contribution >= 0.6 is 0 Å². The Hall–Kier alpha value is -1.32. The fraction of sp³-hybridized carbons (Fsp3) is 0.765. The molecule has 0 radical (unpaired) electrons. The van der Waals surface area contributed by atoms with Gasteiger partial charge < -0.3 is 10.6 Å². The van der Waals surface area contributed by atoms with E-state index in [1.807, 2.05) is 6.92 Å². The van der Waals surface area contributed by atoms with E-state index in [0.717, 1.165) is 54.4 Å². The van der Waals surface area contributed by atoms with Crippen molar-refractivity contribution in [3.8, 4) is 0 Å². The van der Waals surface area contributed by atoms with Crippen LogP contribution in [0, 0.1) is 25.7 Å². The van der Waals surface area contributed by atoms with E-state index in [9.17, 15) is 0 Å². The second kappa shape index (κ2) is 7.62. The Labute approximate surface area is 129 Å². The summed E-state index contributed by atoms with van der Waals surface area (Å²) in [6.45, 7) is 10.6. The highest BCUT2D eigenvalue weighted by molar-refractivity contribution is 5.57. The van der Waals surface area contributed by atoms with Crippen molar-refractivity contribution in [3.05, 3.63) is 11.4 Å². The molecular weight excluding hydrogens is 260 g/mol. The quantitative estimate of drug-likeness (QED) is 0.826. The molecule has 1 heterocycles.